The molecular formula is C18H16ClN3O2. The standard InChI is InChI=1S/C18H16ClN3O2/c1-11(12-3-5-14(19)6-4-12)21-22-18(23)17-10-13-9-15(24-2)7-8-16(13)20-17/h3-10,20H,1-2H3,(H,22,23). The highest BCUT2D eigenvalue weighted by molar-refractivity contribution is 6.30. The van der Waals surface area contributed by atoms with E-state index in [1.165, 1.54) is 0 Å². The number of fused-ring (bicyclic) bond motifs is 1. The third-order valence-corrected chi connectivity index (χ3v) is 3.91. The molecule has 0 saturated heterocycles. The number of nitrogens with one attached hydrogen (secondary N) is 2. The molecule has 3 rings (SSSR count). The van der Waals surface area contributed by atoms with Gasteiger partial charge in [-0.3, -0.25) is 4.79 Å². The van der Waals surface area contributed by atoms with E-state index in [9.17, 15) is 4.79 Å². The zero-order chi connectivity index (χ0) is 17.1. The van der Waals surface area contributed by atoms with Crippen LogP contribution in [0.4, 0.5) is 0 Å². The Bertz CT molecular complexity index is 914. The van der Waals surface area contributed by atoms with Crippen molar-refractivity contribution in [1.82, 2.24) is 10.4 Å². The van der Waals surface area contributed by atoms with Crippen molar-refractivity contribution >= 4 is 34.1 Å². The largest absolute Gasteiger partial charge is 0.497 e. The van der Waals surface area contributed by atoms with E-state index in [0.717, 1.165) is 22.2 Å². The van der Waals surface area contributed by atoms with Gasteiger partial charge in [0.05, 0.1) is 12.8 Å². The number of benzene rings is 2. The Balaban J connectivity index is 1.77. The fourth-order valence-corrected chi connectivity index (χ4v) is 2.44. The summed E-state index contributed by atoms with van der Waals surface area (Å²) in [5, 5.41) is 5.69. The highest BCUT2D eigenvalue weighted by Gasteiger charge is 2.09. The van der Waals surface area contributed by atoms with E-state index in [-0.39, 0.29) is 5.91 Å². The van der Waals surface area contributed by atoms with Crippen LogP contribution in [0.5, 0.6) is 5.75 Å². The van der Waals surface area contributed by atoms with Crippen LogP contribution in [0.2, 0.25) is 5.02 Å². The van der Waals surface area contributed by atoms with Crippen molar-refractivity contribution in [2.24, 2.45) is 5.10 Å². The van der Waals surface area contributed by atoms with Gasteiger partial charge in [0.2, 0.25) is 0 Å². The van der Waals surface area contributed by atoms with Crippen LogP contribution in [0.3, 0.4) is 0 Å². The van der Waals surface area contributed by atoms with Crippen molar-refractivity contribution in [2.45, 2.75) is 6.92 Å². The van der Waals surface area contributed by atoms with Gasteiger partial charge in [0.1, 0.15) is 11.4 Å². The third-order valence-electron chi connectivity index (χ3n) is 3.66. The first-order valence-corrected chi connectivity index (χ1v) is 7.72. The number of aromatic amines is 1. The molecule has 0 spiro atoms. The Kier molecular flexibility index (Phi) is 4.53. The molecular weight excluding hydrogens is 326 g/mol. The maximum Gasteiger partial charge on any atom is 0.287 e. The summed E-state index contributed by atoms with van der Waals surface area (Å²) in [5.74, 6) is 0.434. The fraction of sp³-hybridized carbons (Fsp3) is 0.111. The highest BCUT2D eigenvalue weighted by Crippen LogP contribution is 2.21. The number of amides is 1. The molecule has 3 aromatic rings. The summed E-state index contributed by atoms with van der Waals surface area (Å²) in [7, 11) is 1.61. The lowest BCUT2D eigenvalue weighted by atomic mass is 10.1. The summed E-state index contributed by atoms with van der Waals surface area (Å²) >= 11 is 5.86. The van der Waals surface area contributed by atoms with Gasteiger partial charge in [0, 0.05) is 15.9 Å². The Morgan fingerprint density at radius 2 is 1.92 bits per heavy atom. The summed E-state index contributed by atoms with van der Waals surface area (Å²) in [4.78, 5) is 15.3. The smallest absolute Gasteiger partial charge is 0.287 e. The predicted molar refractivity (Wildman–Crippen MR) is 96.0 cm³/mol. The van der Waals surface area contributed by atoms with Gasteiger partial charge in [-0.05, 0) is 48.9 Å². The number of H-pyrrole nitrogens is 1. The van der Waals surface area contributed by atoms with E-state index in [4.69, 9.17) is 16.3 Å². The van der Waals surface area contributed by atoms with Gasteiger partial charge in [0.15, 0.2) is 0 Å². The first-order chi connectivity index (χ1) is 11.6. The summed E-state index contributed by atoms with van der Waals surface area (Å²) in [6.45, 7) is 1.82. The zero-order valence-electron chi connectivity index (χ0n) is 13.3. The van der Waals surface area contributed by atoms with Crippen LogP contribution in [0, 0.1) is 0 Å². The number of methoxy groups -OCH3 is 1. The van der Waals surface area contributed by atoms with Crippen LogP contribution < -0.4 is 10.2 Å². The van der Waals surface area contributed by atoms with Gasteiger partial charge in [0.25, 0.3) is 5.91 Å². The van der Waals surface area contributed by atoms with Gasteiger partial charge in [-0.2, -0.15) is 5.10 Å². The molecule has 5 nitrogen and oxygen atoms in total. The minimum Gasteiger partial charge on any atom is -0.497 e. The Morgan fingerprint density at radius 3 is 2.62 bits per heavy atom. The molecule has 1 heterocycles. The maximum absolute atomic E-state index is 12.3. The topological polar surface area (TPSA) is 66.5 Å². The Morgan fingerprint density at radius 1 is 1.17 bits per heavy atom. The van der Waals surface area contributed by atoms with Crippen molar-refractivity contribution < 1.29 is 9.53 Å². The number of halogens is 1. The molecule has 1 amide bonds. The van der Waals surface area contributed by atoms with E-state index in [1.807, 2.05) is 37.3 Å². The van der Waals surface area contributed by atoms with Crippen LogP contribution in [0.1, 0.15) is 23.0 Å². The molecule has 6 heteroatoms. The number of hydrazone groups is 1. The second kappa shape index (κ2) is 6.76. The van der Waals surface area contributed by atoms with Gasteiger partial charge in [-0.15, -0.1) is 0 Å². The van der Waals surface area contributed by atoms with Gasteiger partial charge in [-0.25, -0.2) is 5.43 Å². The number of hydrogen-bond acceptors (Lipinski definition) is 3. The second-order valence-corrected chi connectivity index (χ2v) is 5.72. The number of ether oxygens (including phenoxy) is 1. The van der Waals surface area contributed by atoms with Crippen LogP contribution in [0.25, 0.3) is 10.9 Å². The SMILES string of the molecule is COc1ccc2[nH]c(C(=O)NN=C(C)c3ccc(Cl)cc3)cc2c1. The molecule has 122 valence electrons. The molecule has 0 aliphatic carbocycles. The third kappa shape index (κ3) is 3.41. The number of nitrogens with zero attached hydrogens (tertiary/aromatic N) is 1. The molecule has 0 aliphatic heterocycles. The Labute approximate surface area is 144 Å². The molecule has 24 heavy (non-hydrogen) atoms. The number of carbonyl (C=O) groups is 1. The predicted octanol–water partition coefficient (Wildman–Crippen LogP) is 3.98. The van der Waals surface area contributed by atoms with Crippen molar-refractivity contribution in [3.05, 3.63) is 64.8 Å². The fourth-order valence-electron chi connectivity index (χ4n) is 2.31. The first kappa shape index (κ1) is 16.1. The van der Waals surface area contributed by atoms with Crippen molar-refractivity contribution in [3.8, 4) is 5.75 Å². The zero-order valence-corrected chi connectivity index (χ0v) is 14.0. The van der Waals surface area contributed by atoms with Crippen LogP contribution in [-0.4, -0.2) is 23.7 Å². The molecule has 2 aromatic carbocycles. The van der Waals surface area contributed by atoms with Crippen molar-refractivity contribution in [3.63, 3.8) is 0 Å². The molecule has 0 radical (unpaired) electrons. The normalized spacial score (nSPS) is 11.5. The van der Waals surface area contributed by atoms with Crippen molar-refractivity contribution in [1.29, 1.82) is 0 Å². The number of rotatable bonds is 4. The van der Waals surface area contributed by atoms with Crippen LogP contribution in [-0.2, 0) is 0 Å². The molecule has 0 unspecified atom stereocenters. The van der Waals surface area contributed by atoms with E-state index in [2.05, 4.69) is 15.5 Å². The molecule has 0 fully saturated rings. The van der Waals surface area contributed by atoms with Gasteiger partial charge >= 0.3 is 0 Å². The summed E-state index contributed by atoms with van der Waals surface area (Å²) < 4.78 is 5.18. The molecule has 0 atom stereocenters. The Hall–Kier alpha value is -2.79. The summed E-state index contributed by atoms with van der Waals surface area (Å²) in [5.41, 5.74) is 5.43. The summed E-state index contributed by atoms with van der Waals surface area (Å²) in [6.07, 6.45) is 0. The van der Waals surface area contributed by atoms with E-state index in [1.54, 1.807) is 25.3 Å². The van der Waals surface area contributed by atoms with E-state index >= 15 is 0 Å². The molecule has 0 aliphatic rings. The van der Waals surface area contributed by atoms with Crippen molar-refractivity contribution in [2.75, 3.05) is 7.11 Å². The quantitative estimate of drug-likeness (QED) is 0.556. The van der Waals surface area contributed by atoms with Gasteiger partial charge < -0.3 is 9.72 Å². The number of carbonyl (C=O) groups excluding carboxylic acids is 1. The van der Waals surface area contributed by atoms with Gasteiger partial charge in [-0.1, -0.05) is 23.7 Å². The molecule has 0 saturated carbocycles. The minimum absolute atomic E-state index is 0.307. The van der Waals surface area contributed by atoms with Crippen LogP contribution in [0.15, 0.2) is 53.6 Å². The molecule has 0 bridgehead atoms. The lowest BCUT2D eigenvalue weighted by Crippen LogP contribution is -2.19. The second-order valence-electron chi connectivity index (χ2n) is 5.28. The average Bonchev–Trinajstić information content (AvgIpc) is 3.03. The molecule has 2 N–H and O–H groups in total. The number of hydrogen-bond donors (Lipinski definition) is 2. The lowest BCUT2D eigenvalue weighted by Gasteiger charge is -2.02. The maximum atomic E-state index is 12.3. The highest BCUT2D eigenvalue weighted by atomic mass is 35.5. The first-order valence-electron chi connectivity index (χ1n) is 7.34. The van der Waals surface area contributed by atoms with E-state index in [0.29, 0.717) is 16.4 Å². The molecule has 1 aromatic heterocycles. The van der Waals surface area contributed by atoms with Crippen LogP contribution >= 0.6 is 11.6 Å². The lowest BCUT2D eigenvalue weighted by molar-refractivity contribution is 0.0950. The summed E-state index contributed by atoms with van der Waals surface area (Å²) in [6, 6.07) is 14.6. The number of aromatic nitrogens is 1. The monoisotopic (exact) mass is 341 g/mol. The van der Waals surface area contributed by atoms with E-state index < -0.39 is 0 Å². The average molecular weight is 342 g/mol. The minimum atomic E-state index is -0.307.